The molecule has 116 valence electrons. The Hall–Kier alpha value is -1.34. The lowest BCUT2D eigenvalue weighted by Crippen LogP contribution is -2.40. The third kappa shape index (κ3) is 6.31. The van der Waals surface area contributed by atoms with E-state index in [1.807, 2.05) is 0 Å². The molecule has 1 aromatic carbocycles. The average Bonchev–Trinajstić information content (AvgIpc) is 2.42. The molecule has 0 radical (unpaired) electrons. The third-order valence-electron chi connectivity index (χ3n) is 2.62. The second-order valence-corrected chi connectivity index (χ2v) is 5.14. The Morgan fingerprint density at radius 3 is 2.62 bits per heavy atom. The van der Waals surface area contributed by atoms with Crippen LogP contribution in [0.2, 0.25) is 10.0 Å². The molecule has 1 rings (SSSR count). The minimum Gasteiger partial charge on any atom is -0.480 e. The molecule has 0 saturated heterocycles. The van der Waals surface area contributed by atoms with E-state index in [4.69, 9.17) is 33.4 Å². The number of carboxylic acids is 1. The molecule has 6 nitrogen and oxygen atoms in total. The van der Waals surface area contributed by atoms with E-state index in [9.17, 15) is 9.59 Å². The summed E-state index contributed by atoms with van der Waals surface area (Å²) < 4.78 is 0. The number of aliphatic hydroxyl groups is 1. The van der Waals surface area contributed by atoms with Gasteiger partial charge in [-0.25, -0.2) is 0 Å². The normalized spacial score (nSPS) is 12.0. The van der Waals surface area contributed by atoms with E-state index >= 15 is 0 Å². The molecule has 0 fully saturated rings. The molecule has 1 atom stereocenters. The fourth-order valence-electron chi connectivity index (χ4n) is 1.58. The maximum Gasteiger partial charge on any atom is 0.321 e. The zero-order valence-corrected chi connectivity index (χ0v) is 12.6. The summed E-state index contributed by atoms with van der Waals surface area (Å²) in [5.74, 6) is -1.64. The van der Waals surface area contributed by atoms with Crippen LogP contribution in [0.4, 0.5) is 5.69 Å². The Labute approximate surface area is 132 Å². The lowest BCUT2D eigenvalue weighted by molar-refractivity contribution is -0.141. The highest BCUT2D eigenvalue weighted by Crippen LogP contribution is 2.25. The van der Waals surface area contributed by atoms with Gasteiger partial charge in [-0.3, -0.25) is 9.59 Å². The molecule has 0 spiro atoms. The van der Waals surface area contributed by atoms with Crippen LogP contribution < -0.4 is 10.6 Å². The minimum atomic E-state index is -1.14. The van der Waals surface area contributed by atoms with Crippen molar-refractivity contribution in [2.24, 2.45) is 0 Å². The van der Waals surface area contributed by atoms with E-state index in [0.717, 1.165) is 0 Å². The molecule has 0 aliphatic heterocycles. The van der Waals surface area contributed by atoms with Gasteiger partial charge >= 0.3 is 5.97 Å². The smallest absolute Gasteiger partial charge is 0.321 e. The number of aliphatic carboxylic acids is 1. The molecule has 1 amide bonds. The summed E-state index contributed by atoms with van der Waals surface area (Å²) >= 11 is 11.7. The number of carboxylic acid groups (broad SMARTS) is 1. The van der Waals surface area contributed by atoms with Gasteiger partial charge in [0.05, 0.1) is 17.1 Å². The van der Waals surface area contributed by atoms with Crippen LogP contribution in [0.1, 0.15) is 12.8 Å². The molecular formula is C13H16Cl2N2O4. The Kier molecular flexibility index (Phi) is 7.45. The second kappa shape index (κ2) is 8.84. The van der Waals surface area contributed by atoms with E-state index in [2.05, 4.69) is 10.6 Å². The van der Waals surface area contributed by atoms with Gasteiger partial charge in [-0.15, -0.1) is 0 Å². The third-order valence-corrected chi connectivity index (χ3v) is 3.18. The highest BCUT2D eigenvalue weighted by molar-refractivity contribution is 6.35. The zero-order valence-electron chi connectivity index (χ0n) is 11.1. The van der Waals surface area contributed by atoms with Crippen LogP contribution in [0, 0.1) is 0 Å². The van der Waals surface area contributed by atoms with Crippen molar-refractivity contribution >= 4 is 40.8 Å². The van der Waals surface area contributed by atoms with Gasteiger partial charge in [0.1, 0.15) is 6.04 Å². The number of carbonyl (C=O) groups is 2. The summed E-state index contributed by atoms with van der Waals surface area (Å²) in [6, 6.07) is 3.56. The van der Waals surface area contributed by atoms with Crippen molar-refractivity contribution in [3.8, 4) is 0 Å². The Balaban J connectivity index is 2.61. The Morgan fingerprint density at radius 2 is 2.00 bits per heavy atom. The van der Waals surface area contributed by atoms with Crippen molar-refractivity contribution in [2.45, 2.75) is 18.9 Å². The second-order valence-electron chi connectivity index (χ2n) is 4.30. The number of amides is 1. The maximum absolute atomic E-state index is 11.9. The number of hydrogen-bond acceptors (Lipinski definition) is 4. The molecule has 0 bridgehead atoms. The van der Waals surface area contributed by atoms with Crippen molar-refractivity contribution < 1.29 is 19.8 Å². The van der Waals surface area contributed by atoms with E-state index in [1.165, 1.54) is 12.1 Å². The van der Waals surface area contributed by atoms with E-state index in [-0.39, 0.29) is 13.0 Å². The van der Waals surface area contributed by atoms with Crippen LogP contribution in [-0.4, -0.2) is 41.3 Å². The number of halogens is 2. The van der Waals surface area contributed by atoms with Crippen LogP contribution in [0.5, 0.6) is 0 Å². The van der Waals surface area contributed by atoms with Gasteiger partial charge in [-0.1, -0.05) is 23.2 Å². The van der Waals surface area contributed by atoms with E-state index in [1.54, 1.807) is 6.07 Å². The van der Waals surface area contributed by atoms with Gasteiger partial charge in [0.15, 0.2) is 0 Å². The van der Waals surface area contributed by atoms with Crippen LogP contribution in [0.15, 0.2) is 18.2 Å². The quantitative estimate of drug-likeness (QED) is 0.543. The fourth-order valence-corrected chi connectivity index (χ4v) is 1.92. The molecule has 0 aromatic heterocycles. The number of rotatable bonds is 8. The number of aliphatic hydroxyl groups excluding tert-OH is 1. The molecule has 0 aliphatic rings. The first kappa shape index (κ1) is 17.7. The predicted octanol–water partition coefficient (Wildman–Crippen LogP) is 1.75. The number of benzene rings is 1. The van der Waals surface area contributed by atoms with Gasteiger partial charge in [-0.05, 0) is 31.2 Å². The van der Waals surface area contributed by atoms with Crippen LogP contribution in [0.25, 0.3) is 0 Å². The molecule has 0 saturated carbocycles. The molecule has 4 N–H and O–H groups in total. The van der Waals surface area contributed by atoms with Crippen molar-refractivity contribution in [1.82, 2.24) is 5.32 Å². The summed E-state index contributed by atoms with van der Waals surface area (Å²) in [7, 11) is 0. The van der Waals surface area contributed by atoms with Crippen LogP contribution in [-0.2, 0) is 9.59 Å². The number of anilines is 1. The lowest BCUT2D eigenvalue weighted by atomic mass is 10.2. The molecule has 8 heteroatoms. The summed E-state index contributed by atoms with van der Waals surface area (Å²) in [6.07, 6.45) is 0.148. The molecule has 0 aliphatic carbocycles. The SMILES string of the molecule is O=C(C[C@@H](NCCCO)C(=O)O)Nc1cc(Cl)ccc1Cl. The van der Waals surface area contributed by atoms with Crippen LogP contribution >= 0.6 is 23.2 Å². The lowest BCUT2D eigenvalue weighted by Gasteiger charge is -2.14. The average molecular weight is 335 g/mol. The highest BCUT2D eigenvalue weighted by atomic mass is 35.5. The monoisotopic (exact) mass is 334 g/mol. The number of hydrogen-bond donors (Lipinski definition) is 4. The van der Waals surface area contributed by atoms with Gasteiger partial charge < -0.3 is 20.8 Å². The zero-order chi connectivity index (χ0) is 15.8. The largest absolute Gasteiger partial charge is 0.480 e. The molecular weight excluding hydrogens is 319 g/mol. The molecule has 0 unspecified atom stereocenters. The van der Waals surface area contributed by atoms with Gasteiger partial charge in [0.25, 0.3) is 0 Å². The topological polar surface area (TPSA) is 98.7 Å². The van der Waals surface area contributed by atoms with E-state index < -0.39 is 17.9 Å². The summed E-state index contributed by atoms with van der Waals surface area (Å²) in [6.45, 7) is 0.252. The van der Waals surface area contributed by atoms with Crippen molar-refractivity contribution in [1.29, 1.82) is 0 Å². The van der Waals surface area contributed by atoms with Crippen molar-refractivity contribution in [3.05, 3.63) is 28.2 Å². The fraction of sp³-hybridized carbons (Fsp3) is 0.385. The predicted molar refractivity (Wildman–Crippen MR) is 80.8 cm³/mol. The molecule has 1 aromatic rings. The van der Waals surface area contributed by atoms with Gasteiger partial charge in [0, 0.05) is 11.6 Å². The standard InChI is InChI=1S/C13H16Cl2N2O4/c14-8-2-3-9(15)10(6-8)17-12(19)7-11(13(20)21)16-4-1-5-18/h2-3,6,11,16,18H,1,4-5,7H2,(H,17,19)(H,20,21)/t11-/m1/s1. The Morgan fingerprint density at radius 1 is 1.29 bits per heavy atom. The number of nitrogens with one attached hydrogen (secondary N) is 2. The molecule has 21 heavy (non-hydrogen) atoms. The Bertz CT molecular complexity index is 511. The summed E-state index contributed by atoms with van der Waals surface area (Å²) in [5.41, 5.74) is 0.327. The first-order valence-electron chi connectivity index (χ1n) is 6.26. The molecule has 0 heterocycles. The summed E-state index contributed by atoms with van der Waals surface area (Å²) in [5, 5.41) is 23.6. The summed E-state index contributed by atoms with van der Waals surface area (Å²) in [4.78, 5) is 22.9. The van der Waals surface area contributed by atoms with E-state index in [0.29, 0.717) is 28.7 Å². The maximum atomic E-state index is 11.9. The van der Waals surface area contributed by atoms with Gasteiger partial charge in [0.2, 0.25) is 5.91 Å². The van der Waals surface area contributed by atoms with Crippen molar-refractivity contribution in [3.63, 3.8) is 0 Å². The van der Waals surface area contributed by atoms with Crippen molar-refractivity contribution in [2.75, 3.05) is 18.5 Å². The minimum absolute atomic E-state index is 0.0519. The van der Waals surface area contributed by atoms with Gasteiger partial charge in [-0.2, -0.15) is 0 Å². The van der Waals surface area contributed by atoms with Crippen LogP contribution in [0.3, 0.4) is 0 Å². The number of carbonyl (C=O) groups excluding carboxylic acids is 1. The highest BCUT2D eigenvalue weighted by Gasteiger charge is 2.20. The first-order chi connectivity index (χ1) is 9.93. The first-order valence-corrected chi connectivity index (χ1v) is 7.01.